The van der Waals surface area contributed by atoms with E-state index < -0.39 is 17.9 Å². The van der Waals surface area contributed by atoms with Gasteiger partial charge in [0.25, 0.3) is 0 Å². The molecule has 0 spiro atoms. The molecule has 1 aromatic heterocycles. The number of fused-ring (bicyclic) bond motifs is 1. The number of ketones is 1. The maximum absolute atomic E-state index is 14.6. The smallest absolute Gasteiger partial charge is 0.391 e. The minimum Gasteiger partial charge on any atom is -0.490 e. The van der Waals surface area contributed by atoms with Gasteiger partial charge in [0, 0.05) is 13.1 Å². The van der Waals surface area contributed by atoms with Crippen LogP contribution in [0.4, 0.5) is 29.2 Å². The predicted octanol–water partition coefficient (Wildman–Crippen LogP) is 9.05. The van der Waals surface area contributed by atoms with Crippen molar-refractivity contribution in [1.29, 1.82) is 0 Å². The molecular formula is C28H29Cl2F4N3O2. The summed E-state index contributed by atoms with van der Waals surface area (Å²) in [4.78, 5) is 17.7. The Morgan fingerprint density at radius 2 is 1.85 bits per heavy atom. The van der Waals surface area contributed by atoms with Crippen LogP contribution in [0.5, 0.6) is 5.75 Å². The summed E-state index contributed by atoms with van der Waals surface area (Å²) >= 11 is 12.1. The van der Waals surface area contributed by atoms with Gasteiger partial charge in [-0.05, 0) is 76.1 Å². The first-order chi connectivity index (χ1) is 18.3. The van der Waals surface area contributed by atoms with Gasteiger partial charge in [0.2, 0.25) is 5.95 Å². The molecule has 0 aliphatic heterocycles. The number of nitrogens with one attached hydrogen (secondary N) is 1. The van der Waals surface area contributed by atoms with E-state index in [2.05, 4.69) is 10.3 Å². The number of ether oxygens (including phenoxy) is 1. The predicted molar refractivity (Wildman–Crippen MR) is 146 cm³/mol. The van der Waals surface area contributed by atoms with Gasteiger partial charge in [-0.3, -0.25) is 4.79 Å². The van der Waals surface area contributed by atoms with Crippen molar-refractivity contribution in [3.8, 4) is 5.75 Å². The summed E-state index contributed by atoms with van der Waals surface area (Å²) in [6, 6.07) is 6.13. The van der Waals surface area contributed by atoms with Gasteiger partial charge < -0.3 is 14.6 Å². The van der Waals surface area contributed by atoms with Crippen LogP contribution in [0.15, 0.2) is 36.4 Å². The SMILES string of the molecule is CC(C)Oc1cc2c(cc1C(=O)/C=C/CC1CCC(C(F)(F)F)CC1)nc(Nc1c(Cl)ccc(Cl)c1F)n2C. The lowest BCUT2D eigenvalue weighted by Crippen LogP contribution is -2.27. The van der Waals surface area contributed by atoms with E-state index in [0.29, 0.717) is 41.6 Å². The van der Waals surface area contributed by atoms with Gasteiger partial charge in [-0.2, -0.15) is 13.2 Å². The highest BCUT2D eigenvalue weighted by atomic mass is 35.5. The lowest BCUT2D eigenvalue weighted by Gasteiger charge is -2.29. The molecule has 1 heterocycles. The first-order valence-corrected chi connectivity index (χ1v) is 13.5. The third-order valence-electron chi connectivity index (χ3n) is 6.94. The fourth-order valence-corrected chi connectivity index (χ4v) is 5.16. The quantitative estimate of drug-likeness (QED) is 0.124. The van der Waals surface area contributed by atoms with Crippen molar-refractivity contribution in [2.75, 3.05) is 5.32 Å². The molecule has 0 radical (unpaired) electrons. The molecular weight excluding hydrogens is 557 g/mol. The second-order valence-corrected chi connectivity index (χ2v) is 10.9. The number of aryl methyl sites for hydroxylation is 1. The summed E-state index contributed by atoms with van der Waals surface area (Å²) in [5.41, 5.74) is 1.38. The minimum atomic E-state index is -4.14. The zero-order valence-electron chi connectivity index (χ0n) is 21.7. The molecule has 1 saturated carbocycles. The van der Waals surface area contributed by atoms with Crippen molar-refractivity contribution < 1.29 is 27.1 Å². The monoisotopic (exact) mass is 585 g/mol. The van der Waals surface area contributed by atoms with Crippen LogP contribution in [0.3, 0.4) is 0 Å². The molecule has 1 fully saturated rings. The number of aromatic nitrogens is 2. The van der Waals surface area contributed by atoms with Crippen molar-refractivity contribution in [3.63, 3.8) is 0 Å². The van der Waals surface area contributed by atoms with Crippen LogP contribution in [0.25, 0.3) is 11.0 Å². The first-order valence-electron chi connectivity index (χ1n) is 12.7. The van der Waals surface area contributed by atoms with Crippen molar-refractivity contribution in [2.24, 2.45) is 18.9 Å². The molecule has 11 heteroatoms. The highest BCUT2D eigenvalue weighted by molar-refractivity contribution is 6.35. The number of benzene rings is 2. The minimum absolute atomic E-state index is 0.0234. The molecule has 0 bridgehead atoms. The number of nitrogens with zero attached hydrogens (tertiary/aromatic N) is 2. The summed E-state index contributed by atoms with van der Waals surface area (Å²) < 4.78 is 61.0. The number of alkyl halides is 3. The Bertz CT molecular complexity index is 1390. The first kappa shape index (κ1) is 29.2. The number of rotatable bonds is 8. The number of halogens is 6. The van der Waals surface area contributed by atoms with E-state index >= 15 is 0 Å². The highest BCUT2D eigenvalue weighted by Crippen LogP contribution is 2.40. The van der Waals surface area contributed by atoms with Crippen molar-refractivity contribution >= 4 is 51.7 Å². The second kappa shape index (κ2) is 11.8. The third-order valence-corrected chi connectivity index (χ3v) is 7.55. The summed E-state index contributed by atoms with van der Waals surface area (Å²) in [7, 11) is 1.72. The Morgan fingerprint density at radius 3 is 2.49 bits per heavy atom. The molecule has 1 aliphatic rings. The number of hydrogen-bond acceptors (Lipinski definition) is 4. The lowest BCUT2D eigenvalue weighted by molar-refractivity contribution is -0.183. The summed E-state index contributed by atoms with van der Waals surface area (Å²) in [6.07, 6.45) is 0.549. The van der Waals surface area contributed by atoms with E-state index in [0.717, 1.165) is 0 Å². The fourth-order valence-electron chi connectivity index (χ4n) is 4.81. The van der Waals surface area contributed by atoms with Gasteiger partial charge in [-0.15, -0.1) is 0 Å². The molecule has 0 amide bonds. The standard InChI is InChI=1S/C28H29Cl2F4N3O2/c1-15(2)39-24-14-22-21(35-27(37(22)3)36-26-20(30)12-11-19(29)25(26)31)13-18(24)23(38)6-4-5-16-7-9-17(10-8-16)28(32,33)34/h4,6,11-17H,5,7-10H2,1-3H3,(H,35,36)/b6-4+. The van der Waals surface area contributed by atoms with E-state index in [1.807, 2.05) is 13.8 Å². The second-order valence-electron chi connectivity index (χ2n) is 10.1. The average Bonchev–Trinajstić information content (AvgIpc) is 3.17. The third kappa shape index (κ3) is 6.69. The lowest BCUT2D eigenvalue weighted by atomic mass is 9.80. The molecule has 0 unspecified atom stereocenters. The normalized spacial score (nSPS) is 18.3. The molecule has 1 aliphatic carbocycles. The van der Waals surface area contributed by atoms with E-state index in [9.17, 15) is 22.4 Å². The van der Waals surface area contributed by atoms with Gasteiger partial charge in [0.15, 0.2) is 11.6 Å². The maximum Gasteiger partial charge on any atom is 0.391 e. The molecule has 5 nitrogen and oxygen atoms in total. The van der Waals surface area contributed by atoms with Gasteiger partial charge in [-0.1, -0.05) is 29.3 Å². The number of carbonyl (C=O) groups excluding carboxylic acids is 1. The number of carbonyl (C=O) groups is 1. The molecule has 39 heavy (non-hydrogen) atoms. The van der Waals surface area contributed by atoms with E-state index in [-0.39, 0.29) is 52.3 Å². The number of anilines is 2. The molecule has 0 atom stereocenters. The maximum atomic E-state index is 14.6. The molecule has 1 N–H and O–H groups in total. The Labute approximate surface area is 234 Å². The molecule has 210 valence electrons. The van der Waals surface area contributed by atoms with Gasteiger partial charge in [0.1, 0.15) is 5.75 Å². The molecule has 2 aromatic carbocycles. The number of allylic oxidation sites excluding steroid dienone is 2. The van der Waals surface area contributed by atoms with Crippen molar-refractivity contribution in [3.05, 3.63) is 57.8 Å². The van der Waals surface area contributed by atoms with Crippen molar-refractivity contribution in [1.82, 2.24) is 9.55 Å². The Hall–Kier alpha value is -2.78. The van der Waals surface area contributed by atoms with Gasteiger partial charge >= 0.3 is 6.18 Å². The zero-order valence-corrected chi connectivity index (χ0v) is 23.2. The van der Waals surface area contributed by atoms with E-state index in [1.165, 1.54) is 18.2 Å². The van der Waals surface area contributed by atoms with Crippen LogP contribution in [-0.4, -0.2) is 27.6 Å². The summed E-state index contributed by atoms with van der Waals surface area (Å²) in [5, 5.41) is 2.91. The van der Waals surface area contributed by atoms with Crippen LogP contribution >= 0.6 is 23.2 Å². The summed E-state index contributed by atoms with van der Waals surface area (Å²) in [6.45, 7) is 3.68. The topological polar surface area (TPSA) is 56.1 Å². The van der Waals surface area contributed by atoms with Crippen molar-refractivity contribution in [2.45, 2.75) is 58.2 Å². The van der Waals surface area contributed by atoms with Crippen LogP contribution < -0.4 is 10.1 Å². The fraction of sp³-hybridized carbons (Fsp3) is 0.429. The highest BCUT2D eigenvalue weighted by Gasteiger charge is 2.41. The van der Waals surface area contributed by atoms with Crippen LogP contribution in [0.1, 0.15) is 56.3 Å². The molecule has 3 aromatic rings. The number of imidazole rings is 1. The van der Waals surface area contributed by atoms with E-state index in [4.69, 9.17) is 27.9 Å². The molecule has 0 saturated heterocycles. The Balaban J connectivity index is 1.56. The average molecular weight is 586 g/mol. The zero-order chi connectivity index (χ0) is 28.5. The Morgan fingerprint density at radius 1 is 1.18 bits per heavy atom. The van der Waals surface area contributed by atoms with Crippen LogP contribution in [0, 0.1) is 17.7 Å². The van der Waals surface area contributed by atoms with Gasteiger partial charge in [-0.25, -0.2) is 9.37 Å². The van der Waals surface area contributed by atoms with E-state index in [1.54, 1.807) is 29.8 Å². The van der Waals surface area contributed by atoms with Crippen LogP contribution in [0.2, 0.25) is 10.0 Å². The van der Waals surface area contributed by atoms with Crippen LogP contribution in [-0.2, 0) is 7.05 Å². The summed E-state index contributed by atoms with van der Waals surface area (Å²) in [5.74, 6) is -1.50. The largest absolute Gasteiger partial charge is 0.490 e. The van der Waals surface area contributed by atoms with Gasteiger partial charge in [0.05, 0.1) is 44.4 Å². The Kier molecular flexibility index (Phi) is 8.81. The number of hydrogen-bond donors (Lipinski definition) is 1. The molecule has 4 rings (SSSR count).